The van der Waals surface area contributed by atoms with Crippen LogP contribution in [-0.2, 0) is 27.7 Å². The molecule has 9 heteroatoms. The van der Waals surface area contributed by atoms with Crippen LogP contribution in [0.2, 0.25) is 0 Å². The normalized spacial score (nSPS) is 13.5. The maximum absolute atomic E-state index is 12.4. The van der Waals surface area contributed by atoms with Crippen molar-refractivity contribution in [2.24, 2.45) is 0 Å². The average Bonchev–Trinajstić information content (AvgIpc) is 3.40. The molecule has 0 unspecified atom stereocenters. The van der Waals surface area contributed by atoms with Gasteiger partial charge in [0.05, 0.1) is 17.9 Å². The van der Waals surface area contributed by atoms with Crippen LogP contribution in [0.25, 0.3) is 5.69 Å². The van der Waals surface area contributed by atoms with Gasteiger partial charge < -0.3 is 5.32 Å². The molecule has 2 aromatic heterocycles. The number of anilines is 1. The fourth-order valence-corrected chi connectivity index (χ4v) is 5.12. The number of thiophene rings is 1. The number of fused-ring (bicyclic) bond motifs is 1. The highest BCUT2D eigenvalue weighted by molar-refractivity contribution is 7.91. The summed E-state index contributed by atoms with van der Waals surface area (Å²) in [6, 6.07) is 12.7. The molecule has 0 saturated carbocycles. The van der Waals surface area contributed by atoms with Gasteiger partial charge in [-0.15, -0.1) is 11.3 Å². The molecule has 1 amide bonds. The monoisotopic (exact) mass is 402 g/mol. The summed E-state index contributed by atoms with van der Waals surface area (Å²) in [5, 5.41) is 9.15. The highest BCUT2D eigenvalue weighted by atomic mass is 32.2. The lowest BCUT2D eigenvalue weighted by Crippen LogP contribution is -2.33. The number of rotatable bonds is 6. The Morgan fingerprint density at radius 2 is 1.96 bits per heavy atom. The minimum atomic E-state index is -3.68. The summed E-state index contributed by atoms with van der Waals surface area (Å²) in [6.45, 7) is -0.338. The number of amides is 1. The number of nitrogens with one attached hydrogen (secondary N) is 2. The molecule has 0 radical (unpaired) electrons. The molecule has 0 fully saturated rings. The lowest BCUT2D eigenvalue weighted by molar-refractivity contribution is -0.115. The zero-order chi connectivity index (χ0) is 18.9. The number of nitrogens with zero attached hydrogens (tertiary/aromatic N) is 2. The largest absolute Gasteiger partial charge is 0.309 e. The van der Waals surface area contributed by atoms with Gasteiger partial charge in [0.2, 0.25) is 5.91 Å². The zero-order valence-electron chi connectivity index (χ0n) is 14.4. The van der Waals surface area contributed by atoms with E-state index in [2.05, 4.69) is 15.1 Å². The summed E-state index contributed by atoms with van der Waals surface area (Å²) in [4.78, 5) is 12.4. The SMILES string of the molecule is O=C(CNS(=O)(=O)c1cccs1)Nc1c2c(nn1-c1ccccc1)CCC2. The number of benzene rings is 1. The summed E-state index contributed by atoms with van der Waals surface area (Å²) < 4.78 is 28.6. The van der Waals surface area contributed by atoms with Crippen molar-refractivity contribution in [3.8, 4) is 5.69 Å². The van der Waals surface area contributed by atoms with Gasteiger partial charge in [-0.05, 0) is 42.8 Å². The van der Waals surface area contributed by atoms with E-state index in [4.69, 9.17) is 0 Å². The molecule has 3 aromatic rings. The minimum absolute atomic E-state index is 0.186. The second kappa shape index (κ2) is 7.26. The number of aromatic nitrogens is 2. The Hall–Kier alpha value is -2.49. The smallest absolute Gasteiger partial charge is 0.250 e. The van der Waals surface area contributed by atoms with Crippen molar-refractivity contribution in [1.29, 1.82) is 0 Å². The van der Waals surface area contributed by atoms with Crippen LogP contribution in [0, 0.1) is 0 Å². The molecule has 0 aliphatic heterocycles. The zero-order valence-corrected chi connectivity index (χ0v) is 16.0. The van der Waals surface area contributed by atoms with Crippen LogP contribution in [0.5, 0.6) is 0 Å². The van der Waals surface area contributed by atoms with Crippen LogP contribution in [0.15, 0.2) is 52.1 Å². The second-order valence-electron chi connectivity index (χ2n) is 6.18. The Bertz CT molecular complexity index is 1060. The fraction of sp³-hybridized carbons (Fsp3) is 0.222. The lowest BCUT2D eigenvalue weighted by atomic mass is 10.2. The van der Waals surface area contributed by atoms with E-state index in [1.54, 1.807) is 16.1 Å². The summed E-state index contributed by atoms with van der Waals surface area (Å²) in [5.41, 5.74) is 2.85. The molecule has 0 saturated heterocycles. The first-order chi connectivity index (χ1) is 13.0. The summed E-state index contributed by atoms with van der Waals surface area (Å²) in [7, 11) is -3.68. The molecule has 4 rings (SSSR count). The number of hydrogen-bond donors (Lipinski definition) is 2. The maximum atomic E-state index is 12.4. The molecule has 27 heavy (non-hydrogen) atoms. The van der Waals surface area contributed by atoms with E-state index in [0.717, 1.165) is 47.5 Å². The average molecular weight is 403 g/mol. The lowest BCUT2D eigenvalue weighted by Gasteiger charge is -2.11. The van der Waals surface area contributed by atoms with Gasteiger partial charge in [-0.3, -0.25) is 4.79 Å². The van der Waals surface area contributed by atoms with Crippen molar-refractivity contribution in [1.82, 2.24) is 14.5 Å². The molecule has 0 spiro atoms. The number of carbonyl (C=O) groups is 1. The van der Waals surface area contributed by atoms with E-state index in [1.807, 2.05) is 30.3 Å². The molecule has 0 bridgehead atoms. The fourth-order valence-electron chi connectivity index (χ4n) is 3.10. The van der Waals surface area contributed by atoms with Crippen molar-refractivity contribution in [2.45, 2.75) is 23.5 Å². The molecule has 1 aliphatic rings. The standard InChI is InChI=1S/C18H18N4O3S2/c23-16(12-19-27(24,25)17-10-5-11-26-17)20-18-14-8-4-9-15(14)21-22(18)13-6-2-1-3-7-13/h1-3,5-7,10-11,19H,4,8-9,12H2,(H,20,23). The van der Waals surface area contributed by atoms with Crippen molar-refractivity contribution in [3.05, 3.63) is 59.1 Å². The van der Waals surface area contributed by atoms with Gasteiger partial charge in [0.15, 0.2) is 0 Å². The topological polar surface area (TPSA) is 93.1 Å². The Morgan fingerprint density at radius 1 is 1.15 bits per heavy atom. The first kappa shape index (κ1) is 17.9. The molecule has 1 aromatic carbocycles. The van der Waals surface area contributed by atoms with Gasteiger partial charge in [0, 0.05) is 5.56 Å². The highest BCUT2D eigenvalue weighted by Gasteiger charge is 2.25. The van der Waals surface area contributed by atoms with Crippen molar-refractivity contribution in [3.63, 3.8) is 0 Å². The Kier molecular flexibility index (Phi) is 4.81. The number of hydrogen-bond acceptors (Lipinski definition) is 5. The number of para-hydroxylation sites is 1. The highest BCUT2D eigenvalue weighted by Crippen LogP contribution is 2.30. The van der Waals surface area contributed by atoms with Crippen molar-refractivity contribution < 1.29 is 13.2 Å². The number of carbonyl (C=O) groups excluding carboxylic acids is 1. The summed E-state index contributed by atoms with van der Waals surface area (Å²) in [6.07, 6.45) is 2.73. The molecule has 2 N–H and O–H groups in total. The molecular weight excluding hydrogens is 384 g/mol. The van der Waals surface area contributed by atoms with E-state index in [1.165, 1.54) is 6.07 Å². The van der Waals surface area contributed by atoms with Gasteiger partial charge in [-0.2, -0.15) is 5.10 Å². The number of aryl methyl sites for hydroxylation is 1. The molecule has 2 heterocycles. The number of sulfonamides is 1. The Morgan fingerprint density at radius 3 is 2.70 bits per heavy atom. The van der Waals surface area contributed by atoms with Gasteiger partial charge >= 0.3 is 0 Å². The van der Waals surface area contributed by atoms with Crippen LogP contribution in [0.3, 0.4) is 0 Å². The first-order valence-electron chi connectivity index (χ1n) is 8.54. The van der Waals surface area contributed by atoms with Crippen LogP contribution < -0.4 is 10.0 Å². The second-order valence-corrected chi connectivity index (χ2v) is 9.12. The third kappa shape index (κ3) is 3.66. The van der Waals surface area contributed by atoms with E-state index < -0.39 is 15.9 Å². The Labute approximate surface area is 161 Å². The molecule has 0 atom stereocenters. The predicted molar refractivity (Wildman–Crippen MR) is 104 cm³/mol. The van der Waals surface area contributed by atoms with E-state index in [0.29, 0.717) is 5.82 Å². The third-order valence-electron chi connectivity index (χ3n) is 4.35. The molecular formula is C18H18N4O3S2. The third-order valence-corrected chi connectivity index (χ3v) is 7.15. The van der Waals surface area contributed by atoms with Gasteiger partial charge in [-0.1, -0.05) is 24.3 Å². The molecule has 1 aliphatic carbocycles. The van der Waals surface area contributed by atoms with E-state index >= 15 is 0 Å². The first-order valence-corrected chi connectivity index (χ1v) is 10.9. The van der Waals surface area contributed by atoms with Gasteiger partial charge in [0.1, 0.15) is 10.0 Å². The summed E-state index contributed by atoms with van der Waals surface area (Å²) in [5.74, 6) is 0.191. The van der Waals surface area contributed by atoms with Crippen LogP contribution in [0.1, 0.15) is 17.7 Å². The van der Waals surface area contributed by atoms with Gasteiger partial charge in [0.25, 0.3) is 10.0 Å². The molecule has 140 valence electrons. The predicted octanol–water partition coefficient (Wildman–Crippen LogP) is 2.34. The minimum Gasteiger partial charge on any atom is -0.309 e. The quantitative estimate of drug-likeness (QED) is 0.662. The van der Waals surface area contributed by atoms with Crippen LogP contribution in [-0.4, -0.2) is 30.7 Å². The van der Waals surface area contributed by atoms with Crippen molar-refractivity contribution >= 4 is 33.1 Å². The summed E-state index contributed by atoms with van der Waals surface area (Å²) >= 11 is 1.11. The molecule has 7 nitrogen and oxygen atoms in total. The Balaban J connectivity index is 1.53. The van der Waals surface area contributed by atoms with Crippen LogP contribution in [0.4, 0.5) is 5.82 Å². The van der Waals surface area contributed by atoms with Crippen LogP contribution >= 0.6 is 11.3 Å². The van der Waals surface area contributed by atoms with E-state index in [9.17, 15) is 13.2 Å². The maximum Gasteiger partial charge on any atom is 0.250 e. The van der Waals surface area contributed by atoms with E-state index in [-0.39, 0.29) is 10.8 Å². The van der Waals surface area contributed by atoms with Crippen molar-refractivity contribution in [2.75, 3.05) is 11.9 Å². The van der Waals surface area contributed by atoms with Gasteiger partial charge in [-0.25, -0.2) is 17.8 Å².